The van der Waals surface area contributed by atoms with Crippen molar-refractivity contribution in [1.29, 1.82) is 5.41 Å². The number of hydrogen-bond acceptors (Lipinski definition) is 1. The van der Waals surface area contributed by atoms with Crippen LogP contribution in [0.3, 0.4) is 0 Å². The zero-order chi connectivity index (χ0) is 16.8. The van der Waals surface area contributed by atoms with E-state index >= 15 is 0 Å². The highest BCUT2D eigenvalue weighted by molar-refractivity contribution is 6.13. The smallest absolute Gasteiger partial charge is 0.197 e. The zero-order valence-electron chi connectivity index (χ0n) is 13.8. The third-order valence-corrected chi connectivity index (χ3v) is 5.04. The maximum absolute atomic E-state index is 8.27. The fourth-order valence-electron chi connectivity index (χ4n) is 3.59. The van der Waals surface area contributed by atoms with Gasteiger partial charge >= 0.3 is 0 Å². The fraction of sp³-hybridized carbons (Fsp3) is 0.136. The first kappa shape index (κ1) is 14.3. The summed E-state index contributed by atoms with van der Waals surface area (Å²) in [6, 6.07) is 18.9. The quantitative estimate of drug-likeness (QED) is 0.336. The van der Waals surface area contributed by atoms with Crippen molar-refractivity contribution in [2.75, 3.05) is 10.6 Å². The first-order chi connectivity index (χ1) is 12.3. The van der Waals surface area contributed by atoms with Crippen molar-refractivity contribution in [3.63, 3.8) is 0 Å². The zero-order valence-corrected chi connectivity index (χ0v) is 13.8. The van der Waals surface area contributed by atoms with Gasteiger partial charge in [-0.1, -0.05) is 48.6 Å². The van der Waals surface area contributed by atoms with Crippen molar-refractivity contribution in [3.05, 3.63) is 71.3 Å². The second-order valence-electron chi connectivity index (χ2n) is 6.83. The van der Waals surface area contributed by atoms with E-state index < -0.39 is 0 Å². The minimum Gasteiger partial charge on any atom is -0.326 e. The van der Waals surface area contributed by atoms with Crippen LogP contribution in [0.5, 0.6) is 0 Å². The monoisotopic (exact) mass is 325 g/mol. The summed E-state index contributed by atoms with van der Waals surface area (Å²) < 4.78 is 0. The molecule has 0 amide bonds. The molecule has 3 aromatic rings. The van der Waals surface area contributed by atoms with Crippen molar-refractivity contribution in [3.8, 4) is 0 Å². The summed E-state index contributed by atoms with van der Waals surface area (Å²) in [5, 5.41) is 17.0. The number of rotatable bonds is 3. The molecule has 122 valence electrons. The molecule has 0 saturated heterocycles. The van der Waals surface area contributed by atoms with E-state index in [9.17, 15) is 0 Å². The van der Waals surface area contributed by atoms with Gasteiger partial charge in [-0.05, 0) is 59.0 Å². The Labute approximate surface area is 146 Å². The first-order valence-electron chi connectivity index (χ1n) is 8.74. The van der Waals surface area contributed by atoms with E-state index in [1.54, 1.807) is 0 Å². The Morgan fingerprint density at radius 2 is 1.60 bits per heavy atom. The van der Waals surface area contributed by atoms with Gasteiger partial charge in [0.1, 0.15) is 0 Å². The maximum Gasteiger partial charge on any atom is 0.197 e. The average molecular weight is 325 g/mol. The van der Waals surface area contributed by atoms with E-state index in [2.05, 4.69) is 71.3 Å². The molecule has 0 radical (unpaired) electrons. The summed E-state index contributed by atoms with van der Waals surface area (Å²) in [6.45, 7) is 0. The molecule has 0 aliphatic heterocycles. The van der Waals surface area contributed by atoms with Gasteiger partial charge in [-0.3, -0.25) is 5.41 Å². The molecule has 5 rings (SSSR count). The molecule has 25 heavy (non-hydrogen) atoms. The molecule has 3 N–H and O–H groups in total. The lowest BCUT2D eigenvalue weighted by Gasteiger charge is -2.14. The predicted octanol–water partition coefficient (Wildman–Crippen LogP) is 5.66. The van der Waals surface area contributed by atoms with Crippen molar-refractivity contribution in [2.24, 2.45) is 0 Å². The Bertz CT molecular complexity index is 999. The number of guanidine groups is 1. The summed E-state index contributed by atoms with van der Waals surface area (Å²) in [5.74, 6) is 1.04. The Hall–Kier alpha value is -3.07. The number of hydrogen-bond donors (Lipinski definition) is 3. The van der Waals surface area contributed by atoms with Crippen LogP contribution in [0.25, 0.3) is 22.9 Å². The lowest BCUT2D eigenvalue weighted by molar-refractivity contribution is 1.13. The predicted molar refractivity (Wildman–Crippen MR) is 106 cm³/mol. The molecule has 0 spiro atoms. The highest BCUT2D eigenvalue weighted by Gasteiger charge is 2.22. The highest BCUT2D eigenvalue weighted by Crippen LogP contribution is 2.40. The number of nitrogens with one attached hydrogen (secondary N) is 3. The van der Waals surface area contributed by atoms with E-state index in [1.807, 2.05) is 6.07 Å². The van der Waals surface area contributed by atoms with Gasteiger partial charge in [0.2, 0.25) is 0 Å². The van der Waals surface area contributed by atoms with E-state index in [4.69, 9.17) is 5.41 Å². The van der Waals surface area contributed by atoms with Gasteiger partial charge in [-0.25, -0.2) is 0 Å². The molecule has 3 aromatic carbocycles. The van der Waals surface area contributed by atoms with Crippen LogP contribution in [-0.4, -0.2) is 5.96 Å². The van der Waals surface area contributed by atoms with Crippen LogP contribution in [0.1, 0.15) is 35.4 Å². The van der Waals surface area contributed by atoms with Crippen molar-refractivity contribution >= 4 is 40.3 Å². The van der Waals surface area contributed by atoms with E-state index in [1.165, 1.54) is 34.9 Å². The van der Waals surface area contributed by atoms with Crippen molar-refractivity contribution in [1.82, 2.24) is 0 Å². The fourth-order valence-corrected chi connectivity index (χ4v) is 3.59. The lowest BCUT2D eigenvalue weighted by atomic mass is 10.0. The second kappa shape index (κ2) is 5.49. The molecule has 0 heterocycles. The normalized spacial score (nSPS) is 14.7. The van der Waals surface area contributed by atoms with Crippen LogP contribution < -0.4 is 10.6 Å². The number of benzene rings is 3. The van der Waals surface area contributed by atoms with Crippen LogP contribution in [-0.2, 0) is 0 Å². The SMILES string of the molecule is N=C(Nc1ccc(C2CC2)cc1)Nc1ccc2c3c(cccc13)C=C2. The van der Waals surface area contributed by atoms with Crippen molar-refractivity contribution < 1.29 is 0 Å². The van der Waals surface area contributed by atoms with Gasteiger partial charge in [0, 0.05) is 16.8 Å². The molecule has 0 bridgehead atoms. The molecule has 0 aromatic heterocycles. The lowest BCUT2D eigenvalue weighted by Crippen LogP contribution is -2.20. The van der Waals surface area contributed by atoms with Crippen LogP contribution in [0.15, 0.2) is 54.6 Å². The van der Waals surface area contributed by atoms with Gasteiger partial charge in [0.25, 0.3) is 0 Å². The molecule has 2 aliphatic rings. The first-order valence-corrected chi connectivity index (χ1v) is 8.74. The molecule has 3 nitrogen and oxygen atoms in total. The molecule has 3 heteroatoms. The van der Waals surface area contributed by atoms with Crippen LogP contribution in [0, 0.1) is 5.41 Å². The Balaban J connectivity index is 1.37. The number of anilines is 2. The van der Waals surface area contributed by atoms with Gasteiger partial charge in [0.05, 0.1) is 0 Å². The molecule has 0 atom stereocenters. The summed E-state index contributed by atoms with van der Waals surface area (Å²) in [6.07, 6.45) is 6.91. The minimum absolute atomic E-state index is 0.283. The Kier molecular flexibility index (Phi) is 3.14. The Morgan fingerprint density at radius 3 is 2.36 bits per heavy atom. The van der Waals surface area contributed by atoms with Gasteiger partial charge in [-0.15, -0.1) is 0 Å². The summed E-state index contributed by atoms with van der Waals surface area (Å²) in [7, 11) is 0. The molecular weight excluding hydrogens is 306 g/mol. The van der Waals surface area contributed by atoms with E-state index in [0.717, 1.165) is 22.7 Å². The summed E-state index contributed by atoms with van der Waals surface area (Å²) >= 11 is 0. The molecule has 2 aliphatic carbocycles. The third-order valence-electron chi connectivity index (χ3n) is 5.04. The van der Waals surface area contributed by atoms with Crippen LogP contribution in [0.4, 0.5) is 11.4 Å². The van der Waals surface area contributed by atoms with Gasteiger partial charge in [-0.2, -0.15) is 0 Å². The molecular formula is C22H19N3. The second-order valence-corrected chi connectivity index (χ2v) is 6.83. The standard InChI is InChI=1S/C22H19N3/c23-22(24-18-11-8-15(9-12-18)14-4-5-14)25-20-13-10-17-7-6-16-2-1-3-19(20)21(16)17/h1-3,6-14H,4-5H2,(H3,23,24,25). The van der Waals surface area contributed by atoms with Gasteiger partial charge < -0.3 is 10.6 Å². The third kappa shape index (κ3) is 2.58. The maximum atomic E-state index is 8.27. The highest BCUT2D eigenvalue weighted by atomic mass is 15.1. The largest absolute Gasteiger partial charge is 0.326 e. The van der Waals surface area contributed by atoms with Crippen LogP contribution in [0.2, 0.25) is 0 Å². The minimum atomic E-state index is 0.283. The van der Waals surface area contributed by atoms with Crippen molar-refractivity contribution in [2.45, 2.75) is 18.8 Å². The molecule has 0 unspecified atom stereocenters. The van der Waals surface area contributed by atoms with Gasteiger partial charge in [0.15, 0.2) is 5.96 Å². The van der Waals surface area contributed by atoms with Crippen LogP contribution >= 0.6 is 0 Å². The Morgan fingerprint density at radius 1 is 0.840 bits per heavy atom. The average Bonchev–Trinajstić information content (AvgIpc) is 3.39. The molecule has 1 fully saturated rings. The topological polar surface area (TPSA) is 47.9 Å². The van der Waals surface area contributed by atoms with E-state index in [0.29, 0.717) is 0 Å². The summed E-state index contributed by atoms with van der Waals surface area (Å²) in [4.78, 5) is 0. The summed E-state index contributed by atoms with van der Waals surface area (Å²) in [5.41, 5.74) is 5.79. The van der Waals surface area contributed by atoms with E-state index in [-0.39, 0.29) is 5.96 Å². The molecule has 1 saturated carbocycles.